The Balaban J connectivity index is 1.86. The molecule has 28 heavy (non-hydrogen) atoms. The van der Waals surface area contributed by atoms with Crippen LogP contribution in [0.1, 0.15) is 18.5 Å². The fourth-order valence-electron chi connectivity index (χ4n) is 3.31. The molecule has 0 spiro atoms. The highest BCUT2D eigenvalue weighted by Gasteiger charge is 2.33. The molecule has 1 aliphatic rings. The van der Waals surface area contributed by atoms with Gasteiger partial charge in [0.25, 0.3) is 0 Å². The largest absolute Gasteiger partial charge is 0.497 e. The van der Waals surface area contributed by atoms with Gasteiger partial charge in [-0.3, -0.25) is 4.79 Å². The number of allylic oxidation sites excluding steroid dienone is 1. The van der Waals surface area contributed by atoms with Gasteiger partial charge in [-0.15, -0.1) is 5.10 Å². The number of nitrogens with two attached hydrogens (primary N) is 1. The first-order valence-electron chi connectivity index (χ1n) is 8.62. The molecule has 1 atom stereocenters. The molecule has 4 rings (SSSR count). The van der Waals surface area contributed by atoms with Crippen molar-refractivity contribution in [1.29, 1.82) is 0 Å². The summed E-state index contributed by atoms with van der Waals surface area (Å²) in [4.78, 5) is 16.7. The van der Waals surface area contributed by atoms with E-state index in [2.05, 4.69) is 15.4 Å². The van der Waals surface area contributed by atoms with E-state index in [1.54, 1.807) is 30.8 Å². The number of fused-ring (bicyclic) bond motifs is 1. The first kappa shape index (κ1) is 17.7. The number of halogens is 1. The Kier molecular flexibility index (Phi) is 4.31. The number of amides is 1. The summed E-state index contributed by atoms with van der Waals surface area (Å²) in [6.45, 7) is 1.75. The minimum absolute atomic E-state index is 0.348. The van der Waals surface area contributed by atoms with Crippen molar-refractivity contribution in [3.05, 3.63) is 71.2 Å². The average Bonchev–Trinajstić information content (AvgIpc) is 3.11. The highest BCUT2D eigenvalue weighted by molar-refractivity contribution is 5.95. The van der Waals surface area contributed by atoms with E-state index in [1.165, 1.54) is 12.1 Å². The summed E-state index contributed by atoms with van der Waals surface area (Å²) in [5, 5.41) is 7.68. The van der Waals surface area contributed by atoms with E-state index in [0.717, 1.165) is 5.56 Å². The molecule has 0 saturated carbocycles. The first-order valence-corrected chi connectivity index (χ1v) is 8.62. The van der Waals surface area contributed by atoms with E-state index < -0.39 is 11.9 Å². The zero-order valence-electron chi connectivity index (χ0n) is 15.3. The Labute approximate surface area is 160 Å². The van der Waals surface area contributed by atoms with Gasteiger partial charge in [-0.2, -0.15) is 4.98 Å². The number of benzene rings is 2. The molecule has 1 aliphatic heterocycles. The van der Waals surface area contributed by atoms with E-state index in [9.17, 15) is 9.18 Å². The maximum absolute atomic E-state index is 13.4. The fraction of sp³-hybridized carbons (Fsp3) is 0.150. The molecular formula is C20H18FN5O2. The summed E-state index contributed by atoms with van der Waals surface area (Å²) < 4.78 is 20.3. The van der Waals surface area contributed by atoms with Crippen molar-refractivity contribution in [2.45, 2.75) is 13.0 Å². The summed E-state index contributed by atoms with van der Waals surface area (Å²) in [6, 6.07) is 12.6. The van der Waals surface area contributed by atoms with Gasteiger partial charge < -0.3 is 15.8 Å². The van der Waals surface area contributed by atoms with Crippen LogP contribution in [-0.4, -0.2) is 27.8 Å². The number of nitrogens with one attached hydrogen (secondary N) is 1. The van der Waals surface area contributed by atoms with Crippen molar-refractivity contribution < 1.29 is 13.9 Å². The number of anilines is 1. The number of hydrogen-bond acceptors (Lipinski definition) is 5. The van der Waals surface area contributed by atoms with E-state index in [4.69, 9.17) is 10.5 Å². The fourth-order valence-corrected chi connectivity index (χ4v) is 3.31. The Morgan fingerprint density at radius 1 is 1.25 bits per heavy atom. The van der Waals surface area contributed by atoms with Gasteiger partial charge >= 0.3 is 0 Å². The second-order valence-corrected chi connectivity index (χ2v) is 6.42. The minimum atomic E-state index is -0.610. The third kappa shape index (κ3) is 2.98. The van der Waals surface area contributed by atoms with E-state index >= 15 is 0 Å². The monoisotopic (exact) mass is 379 g/mol. The Morgan fingerprint density at radius 2 is 2.00 bits per heavy atom. The van der Waals surface area contributed by atoms with Gasteiger partial charge in [-0.25, -0.2) is 9.07 Å². The average molecular weight is 379 g/mol. The first-order chi connectivity index (χ1) is 13.5. The maximum atomic E-state index is 13.4. The third-order valence-corrected chi connectivity index (χ3v) is 4.63. The summed E-state index contributed by atoms with van der Waals surface area (Å²) in [6.07, 6.45) is 0. The molecule has 0 fully saturated rings. The molecular weight excluding hydrogens is 361 g/mol. The molecule has 0 radical (unpaired) electrons. The zero-order valence-corrected chi connectivity index (χ0v) is 15.3. The zero-order chi connectivity index (χ0) is 19.8. The van der Waals surface area contributed by atoms with Gasteiger partial charge in [-0.05, 0) is 36.8 Å². The van der Waals surface area contributed by atoms with Crippen molar-refractivity contribution >= 4 is 11.9 Å². The number of carbonyl (C=O) groups is 1. The molecule has 3 aromatic rings. The van der Waals surface area contributed by atoms with Crippen LogP contribution < -0.4 is 15.8 Å². The Morgan fingerprint density at radius 3 is 2.68 bits per heavy atom. The number of primary amides is 1. The van der Waals surface area contributed by atoms with Gasteiger partial charge in [0.05, 0.1) is 12.7 Å². The van der Waals surface area contributed by atoms with Crippen molar-refractivity contribution in [3.8, 4) is 17.1 Å². The molecule has 1 amide bonds. The highest BCUT2D eigenvalue weighted by atomic mass is 19.1. The van der Waals surface area contributed by atoms with Crippen molar-refractivity contribution in [2.24, 2.45) is 5.73 Å². The van der Waals surface area contributed by atoms with Crippen LogP contribution in [0.2, 0.25) is 0 Å². The molecule has 3 N–H and O–H groups in total. The second kappa shape index (κ2) is 6.80. The second-order valence-electron chi connectivity index (χ2n) is 6.42. The molecule has 0 saturated heterocycles. The Hall–Kier alpha value is -3.68. The standard InChI is InChI=1S/C20H18FN5O2/c1-11-16(18(22)27)17(12-6-8-14(21)9-7-12)26-20(23-11)24-19(25-26)13-4-3-5-15(10-13)28-2/h3-10,17H,1-2H3,(H2,22,27)(H,23,24,25)/t17-/m1/s1. The molecule has 0 aliphatic carbocycles. The van der Waals surface area contributed by atoms with Gasteiger partial charge in [0.1, 0.15) is 17.6 Å². The molecule has 0 unspecified atom stereocenters. The molecule has 2 aromatic carbocycles. The van der Waals surface area contributed by atoms with E-state index in [-0.39, 0.29) is 5.82 Å². The van der Waals surface area contributed by atoms with Gasteiger partial charge in [-0.1, -0.05) is 24.3 Å². The van der Waals surface area contributed by atoms with E-state index in [1.807, 2.05) is 24.3 Å². The number of ether oxygens (including phenoxy) is 1. The minimum Gasteiger partial charge on any atom is -0.497 e. The topological polar surface area (TPSA) is 95.1 Å². The molecule has 2 heterocycles. The van der Waals surface area contributed by atoms with Gasteiger partial charge in [0.15, 0.2) is 5.82 Å². The Bertz CT molecular complexity index is 1090. The highest BCUT2D eigenvalue weighted by Crippen LogP contribution is 2.36. The number of hydrogen-bond donors (Lipinski definition) is 2. The molecule has 0 bridgehead atoms. The van der Waals surface area contributed by atoms with Crippen LogP contribution >= 0.6 is 0 Å². The molecule has 7 nitrogen and oxygen atoms in total. The number of methoxy groups -OCH3 is 1. The number of carbonyl (C=O) groups excluding carboxylic acids is 1. The van der Waals surface area contributed by atoms with Gasteiger partial charge in [0, 0.05) is 11.3 Å². The number of aromatic nitrogens is 3. The SMILES string of the molecule is COc1cccc(-c2nc3n(n2)[C@H](c2ccc(F)cc2)C(C(N)=O)=C(C)N3)c1. The lowest BCUT2D eigenvalue weighted by molar-refractivity contribution is -0.115. The van der Waals surface area contributed by atoms with Crippen LogP contribution in [0.15, 0.2) is 59.8 Å². The molecule has 8 heteroatoms. The lowest BCUT2D eigenvalue weighted by Crippen LogP contribution is -2.31. The maximum Gasteiger partial charge on any atom is 0.248 e. The van der Waals surface area contributed by atoms with Crippen LogP contribution in [0.4, 0.5) is 10.3 Å². The van der Waals surface area contributed by atoms with Crippen molar-refractivity contribution in [3.63, 3.8) is 0 Å². The van der Waals surface area contributed by atoms with Gasteiger partial charge in [0.2, 0.25) is 11.9 Å². The summed E-state index contributed by atoms with van der Waals surface area (Å²) in [7, 11) is 1.59. The summed E-state index contributed by atoms with van der Waals surface area (Å²) in [5.41, 5.74) is 8.01. The van der Waals surface area contributed by atoms with Crippen molar-refractivity contribution in [1.82, 2.24) is 14.8 Å². The number of rotatable bonds is 4. The quantitative estimate of drug-likeness (QED) is 0.727. The smallest absolute Gasteiger partial charge is 0.248 e. The normalized spacial score (nSPS) is 15.8. The van der Waals surface area contributed by atoms with Crippen molar-refractivity contribution in [2.75, 3.05) is 12.4 Å². The summed E-state index contributed by atoms with van der Waals surface area (Å²) >= 11 is 0. The predicted octanol–water partition coefficient (Wildman–Crippen LogP) is 2.87. The van der Waals surface area contributed by atoms with Crippen LogP contribution in [0.5, 0.6) is 5.75 Å². The lowest BCUT2D eigenvalue weighted by Gasteiger charge is -2.27. The van der Waals surface area contributed by atoms with Crippen LogP contribution in [0.3, 0.4) is 0 Å². The van der Waals surface area contributed by atoms with E-state index in [0.29, 0.717) is 34.4 Å². The number of nitrogens with zero attached hydrogens (tertiary/aromatic N) is 3. The molecule has 142 valence electrons. The molecule has 1 aromatic heterocycles. The third-order valence-electron chi connectivity index (χ3n) is 4.63. The van der Waals surface area contributed by atoms with Crippen LogP contribution in [-0.2, 0) is 4.79 Å². The van der Waals surface area contributed by atoms with Crippen LogP contribution in [0.25, 0.3) is 11.4 Å². The van der Waals surface area contributed by atoms with Crippen LogP contribution in [0, 0.1) is 5.82 Å². The summed E-state index contributed by atoms with van der Waals surface area (Å²) in [5.74, 6) is 0.667. The predicted molar refractivity (Wildman–Crippen MR) is 102 cm³/mol. The lowest BCUT2D eigenvalue weighted by atomic mass is 9.95.